The second-order valence-corrected chi connectivity index (χ2v) is 0. The van der Waals surface area contributed by atoms with Crippen molar-refractivity contribution in [1.29, 1.82) is 0 Å². The van der Waals surface area contributed by atoms with Crippen LogP contribution in [0.1, 0.15) is 1.43 Å². The van der Waals surface area contributed by atoms with Crippen LogP contribution in [0.3, 0.4) is 0 Å². The van der Waals surface area contributed by atoms with Crippen molar-refractivity contribution in [2.24, 2.45) is 0 Å². The van der Waals surface area contributed by atoms with Gasteiger partial charge in [-0.25, -0.2) is 0 Å². The Hall–Kier alpha value is 2.16. The van der Waals surface area contributed by atoms with Gasteiger partial charge in [0.15, 0.2) is 0 Å². The van der Waals surface area contributed by atoms with Gasteiger partial charge in [-0.05, 0) is 0 Å². The topological polar surface area (TPSA) is 0 Å². The minimum absolute atomic E-state index is 0. The molecule has 0 N–H and O–H groups in total. The van der Waals surface area contributed by atoms with Crippen molar-refractivity contribution < 1.29 is 56.7 Å². The summed E-state index contributed by atoms with van der Waals surface area (Å²) in [7, 11) is 0. The Morgan fingerprint density at radius 3 is 1.25 bits per heavy atom. The van der Waals surface area contributed by atoms with Crippen LogP contribution >= 0.6 is 9.90 Å². The second kappa shape index (κ2) is 19.2. The van der Waals surface area contributed by atoms with E-state index >= 15 is 0 Å². The van der Waals surface area contributed by atoms with Crippen LogP contribution in [-0.4, -0.2) is 0 Å². The molecule has 0 aliphatic heterocycles. The van der Waals surface area contributed by atoms with Crippen molar-refractivity contribution in [3.05, 3.63) is 0 Å². The molecule has 0 aliphatic carbocycles. The summed E-state index contributed by atoms with van der Waals surface area (Å²) in [6, 6.07) is 0. The Morgan fingerprint density at radius 2 is 1.25 bits per heavy atom. The molecule has 0 radical (unpaired) electrons. The van der Waals surface area contributed by atoms with E-state index in [1.54, 1.807) is 0 Å². The van der Waals surface area contributed by atoms with Crippen molar-refractivity contribution in [3.8, 4) is 0 Å². The fraction of sp³-hybridized carbons (Fsp3) is 0. The summed E-state index contributed by atoms with van der Waals surface area (Å²) in [5.41, 5.74) is 0. The second-order valence-electron chi connectivity index (χ2n) is 0. The summed E-state index contributed by atoms with van der Waals surface area (Å²) in [6.45, 7) is 0. The number of hydrogen-bond acceptors (Lipinski definition) is 0. The third kappa shape index (κ3) is 8.90. The van der Waals surface area contributed by atoms with Crippen LogP contribution in [0.25, 0.3) is 0 Å². The Balaban J connectivity index is 0. The summed E-state index contributed by atoms with van der Waals surface area (Å²) in [5.74, 6) is 0. The van der Waals surface area contributed by atoms with E-state index in [1.807, 2.05) is 0 Å². The first-order valence-corrected chi connectivity index (χ1v) is 0. The zero-order chi connectivity index (χ0) is 0. The van der Waals surface area contributed by atoms with E-state index in [9.17, 15) is 0 Å². The van der Waals surface area contributed by atoms with Gasteiger partial charge in [-0.3, -0.25) is 0 Å². The molecule has 1 atom stereocenters. The van der Waals surface area contributed by atoms with Crippen molar-refractivity contribution in [3.63, 3.8) is 0 Å². The molecule has 0 aromatic carbocycles. The first kappa shape index (κ1) is 35.2. The molecule has 0 aliphatic rings. The van der Waals surface area contributed by atoms with Gasteiger partial charge in [-0.1, -0.05) is 0 Å². The molecule has 0 spiro atoms. The monoisotopic (exact) mass is 197 g/mol. The van der Waals surface area contributed by atoms with Gasteiger partial charge in [0, 0.05) is 55.3 Å². The molecule has 30 valence electrons. The van der Waals surface area contributed by atoms with Crippen molar-refractivity contribution in [1.82, 2.24) is 0 Å². The van der Waals surface area contributed by atoms with Crippen molar-refractivity contribution >= 4 is 9.90 Å². The molecule has 0 bridgehead atoms. The molecule has 0 aromatic heterocycles. The minimum atomic E-state index is 0. The normalized spacial score (nSPS) is 0. The standard InChI is InChI=1S/Fe.Ni.H3P.Ti/h;;1H3;/p+1. The van der Waals surface area contributed by atoms with E-state index in [0.29, 0.717) is 0 Å². The molecule has 0 rings (SSSR count). The molecule has 1 unspecified atom stereocenters. The van der Waals surface area contributed by atoms with E-state index < -0.39 is 0 Å². The summed E-state index contributed by atoms with van der Waals surface area (Å²) >= 11 is 0. The maximum Gasteiger partial charge on any atom is 1.00 e. The van der Waals surface area contributed by atoms with Gasteiger partial charge in [-0.2, -0.15) is 9.90 Å². The van der Waals surface area contributed by atoms with E-state index in [2.05, 4.69) is 0 Å². The predicted octanol–water partition coefficient (Wildman–Crippen LogP) is 0.163. The van der Waals surface area contributed by atoms with Gasteiger partial charge in [0.25, 0.3) is 0 Å². The molecule has 0 saturated heterocycles. The molecule has 0 aromatic rings. The summed E-state index contributed by atoms with van der Waals surface area (Å²) in [5, 5.41) is 0. The molecule has 4 heavy (non-hydrogen) atoms. The van der Waals surface area contributed by atoms with Crippen LogP contribution in [0.4, 0.5) is 0 Å². The first-order chi connectivity index (χ1) is 0. The van der Waals surface area contributed by atoms with Gasteiger partial charge in [0.1, 0.15) is 0 Å². The summed E-state index contributed by atoms with van der Waals surface area (Å²) < 4.78 is 0. The van der Waals surface area contributed by atoms with E-state index in [1.165, 1.54) is 0 Å². The van der Waals surface area contributed by atoms with Gasteiger partial charge < -0.3 is 0 Å². The molecule has 0 fully saturated rings. The largest absolute Gasteiger partial charge is 1.00 e. The fourth-order valence-electron chi connectivity index (χ4n) is 0. The van der Waals surface area contributed by atoms with Gasteiger partial charge >= 0.3 is 1.43 Å². The van der Waals surface area contributed by atoms with Crippen molar-refractivity contribution in [2.75, 3.05) is 0 Å². The predicted molar refractivity (Wildman–Crippen MR) is 12.2 cm³/mol. The first-order valence-electron chi connectivity index (χ1n) is 0. The molecule has 0 saturated carbocycles. The van der Waals surface area contributed by atoms with Gasteiger partial charge in [-0.15, -0.1) is 0 Å². The van der Waals surface area contributed by atoms with Crippen LogP contribution in [0.2, 0.25) is 0 Å². The number of hydrogen-bond donors (Lipinski definition) is 0. The summed E-state index contributed by atoms with van der Waals surface area (Å²) in [4.78, 5) is 0. The van der Waals surface area contributed by atoms with E-state index in [4.69, 9.17) is 0 Å². The number of rotatable bonds is 0. The van der Waals surface area contributed by atoms with E-state index in [0.717, 1.165) is 0 Å². The Morgan fingerprint density at radius 1 is 1.25 bits per heavy atom. The van der Waals surface area contributed by atoms with Crippen LogP contribution < -0.4 is 0 Å². The fourth-order valence-corrected chi connectivity index (χ4v) is 0. The average molecular weight is 197 g/mol. The average Bonchev–Trinajstić information content (AvgIpc) is 0. The van der Waals surface area contributed by atoms with Crippen LogP contribution in [0, 0.1) is 0 Å². The van der Waals surface area contributed by atoms with Crippen LogP contribution in [0.5, 0.6) is 0 Å². The molecular formula is H4FeNiPTi+. The SMILES string of the molecule is P.[Fe].[H+].[Ni].[Ti]. The Labute approximate surface area is 66.3 Å². The molecule has 4 heteroatoms. The van der Waals surface area contributed by atoms with Gasteiger partial charge in [0.2, 0.25) is 0 Å². The maximum absolute atomic E-state index is 0. The Kier molecular flexibility index (Phi) is 168. The Bertz CT molecular complexity index is 11.6. The third-order valence-corrected chi connectivity index (χ3v) is 0. The zero-order valence-electron chi connectivity index (χ0n) is 2.88. The quantitative estimate of drug-likeness (QED) is 0.383. The van der Waals surface area contributed by atoms with Crippen LogP contribution in [-0.2, 0) is 55.3 Å². The molecule has 0 nitrogen and oxygen atoms in total. The van der Waals surface area contributed by atoms with Gasteiger partial charge in [0.05, 0.1) is 0 Å². The molecular weight excluding hydrogens is 193 g/mol. The third-order valence-electron chi connectivity index (χ3n) is 0. The van der Waals surface area contributed by atoms with E-state index in [-0.39, 0.29) is 66.6 Å². The van der Waals surface area contributed by atoms with Crippen molar-refractivity contribution in [2.45, 2.75) is 0 Å². The molecule has 0 amide bonds. The summed E-state index contributed by atoms with van der Waals surface area (Å²) in [6.07, 6.45) is 0. The van der Waals surface area contributed by atoms with Crippen LogP contribution in [0.15, 0.2) is 0 Å². The molecule has 0 heterocycles. The maximum atomic E-state index is 0. The smallest absolute Gasteiger partial charge is 0.153 e. The zero-order valence-corrected chi connectivity index (χ0v) is 6.94. The minimum Gasteiger partial charge on any atom is -0.153 e.